The standard InChI is InChI=1S/C18H16Cl2N2O2/c1-22(11-12-5-3-2-4-6-12)18(23)17-10-16(21-24-17)13-7-8-14(19)15(20)9-13/h2-9,17H,10-11H2,1H3/t17-/m0/s1. The highest BCUT2D eigenvalue weighted by atomic mass is 35.5. The Hall–Kier alpha value is -2.04. The van der Waals surface area contributed by atoms with Gasteiger partial charge in [0.1, 0.15) is 0 Å². The van der Waals surface area contributed by atoms with Crippen LogP contribution < -0.4 is 0 Å². The van der Waals surface area contributed by atoms with Crippen LogP contribution in [0.4, 0.5) is 0 Å². The molecule has 2 aromatic rings. The fourth-order valence-corrected chi connectivity index (χ4v) is 2.84. The van der Waals surface area contributed by atoms with Gasteiger partial charge < -0.3 is 9.74 Å². The number of amides is 1. The minimum absolute atomic E-state index is 0.0994. The summed E-state index contributed by atoms with van der Waals surface area (Å²) in [4.78, 5) is 19.5. The number of oxime groups is 1. The average Bonchev–Trinajstić information content (AvgIpc) is 3.07. The number of nitrogens with zero attached hydrogens (tertiary/aromatic N) is 2. The number of carbonyl (C=O) groups is 1. The zero-order valence-corrected chi connectivity index (χ0v) is 14.6. The van der Waals surface area contributed by atoms with Crippen molar-refractivity contribution in [1.82, 2.24) is 4.90 Å². The Morgan fingerprint density at radius 2 is 1.96 bits per heavy atom. The Balaban J connectivity index is 1.63. The van der Waals surface area contributed by atoms with E-state index in [9.17, 15) is 4.79 Å². The van der Waals surface area contributed by atoms with Crippen LogP contribution in [0.2, 0.25) is 10.0 Å². The molecule has 6 heteroatoms. The van der Waals surface area contributed by atoms with Gasteiger partial charge in [0.25, 0.3) is 5.91 Å². The molecule has 0 radical (unpaired) electrons. The minimum Gasteiger partial charge on any atom is -0.382 e. The fraction of sp³-hybridized carbons (Fsp3) is 0.222. The molecule has 4 nitrogen and oxygen atoms in total. The van der Waals surface area contributed by atoms with Crippen LogP contribution in [0.1, 0.15) is 17.5 Å². The predicted molar refractivity (Wildman–Crippen MR) is 95.4 cm³/mol. The topological polar surface area (TPSA) is 41.9 Å². The molecule has 0 fully saturated rings. The molecule has 1 aliphatic rings. The molecule has 0 saturated heterocycles. The SMILES string of the molecule is CN(Cc1ccccc1)C(=O)[C@@H]1CC(c2ccc(Cl)c(Cl)c2)=NO1. The van der Waals surface area contributed by atoms with Gasteiger partial charge in [-0.15, -0.1) is 0 Å². The Morgan fingerprint density at radius 1 is 1.21 bits per heavy atom. The molecule has 1 atom stereocenters. The van der Waals surface area contributed by atoms with E-state index in [0.29, 0.717) is 28.7 Å². The van der Waals surface area contributed by atoms with E-state index in [1.807, 2.05) is 36.4 Å². The molecule has 0 unspecified atom stereocenters. The molecule has 1 aliphatic heterocycles. The largest absolute Gasteiger partial charge is 0.382 e. The van der Waals surface area contributed by atoms with E-state index in [2.05, 4.69) is 5.16 Å². The zero-order valence-electron chi connectivity index (χ0n) is 13.1. The van der Waals surface area contributed by atoms with Crippen LogP contribution >= 0.6 is 23.2 Å². The third-order valence-electron chi connectivity index (χ3n) is 3.84. The first-order valence-corrected chi connectivity index (χ1v) is 8.27. The number of likely N-dealkylation sites (N-methyl/N-ethyl adjacent to an activating group) is 1. The van der Waals surface area contributed by atoms with Gasteiger partial charge in [-0.25, -0.2) is 0 Å². The Bertz CT molecular complexity index is 778. The van der Waals surface area contributed by atoms with Crippen molar-refractivity contribution in [3.05, 3.63) is 69.7 Å². The third-order valence-corrected chi connectivity index (χ3v) is 4.57. The van der Waals surface area contributed by atoms with E-state index in [4.69, 9.17) is 28.0 Å². The van der Waals surface area contributed by atoms with Gasteiger partial charge in [0.15, 0.2) is 0 Å². The lowest BCUT2D eigenvalue weighted by molar-refractivity contribution is -0.141. The summed E-state index contributed by atoms with van der Waals surface area (Å²) in [5.74, 6) is -0.0994. The van der Waals surface area contributed by atoms with Gasteiger partial charge in [0.2, 0.25) is 6.10 Å². The fourth-order valence-electron chi connectivity index (χ4n) is 2.54. The molecule has 0 saturated carbocycles. The van der Waals surface area contributed by atoms with Crippen molar-refractivity contribution in [2.75, 3.05) is 7.05 Å². The maximum absolute atomic E-state index is 12.5. The highest BCUT2D eigenvalue weighted by Crippen LogP contribution is 2.26. The quantitative estimate of drug-likeness (QED) is 0.819. The van der Waals surface area contributed by atoms with Crippen molar-refractivity contribution in [1.29, 1.82) is 0 Å². The van der Waals surface area contributed by atoms with Crippen molar-refractivity contribution < 1.29 is 9.63 Å². The van der Waals surface area contributed by atoms with E-state index >= 15 is 0 Å². The van der Waals surface area contributed by atoms with Crippen LogP contribution in [0.5, 0.6) is 0 Å². The molecule has 0 bridgehead atoms. The monoisotopic (exact) mass is 362 g/mol. The van der Waals surface area contributed by atoms with Crippen LogP contribution in [0.25, 0.3) is 0 Å². The number of benzene rings is 2. The molecule has 0 spiro atoms. The number of rotatable bonds is 4. The number of hydrogen-bond donors (Lipinski definition) is 0. The van der Waals surface area contributed by atoms with Crippen molar-refractivity contribution in [3.63, 3.8) is 0 Å². The van der Waals surface area contributed by atoms with E-state index < -0.39 is 6.10 Å². The summed E-state index contributed by atoms with van der Waals surface area (Å²) in [6.07, 6.45) is -0.196. The lowest BCUT2D eigenvalue weighted by Crippen LogP contribution is -2.36. The van der Waals surface area contributed by atoms with Gasteiger partial charge in [-0.2, -0.15) is 0 Å². The van der Waals surface area contributed by atoms with Crippen molar-refractivity contribution in [3.8, 4) is 0 Å². The van der Waals surface area contributed by atoms with E-state index in [1.54, 1.807) is 24.1 Å². The molecule has 0 aromatic heterocycles. The second-order valence-corrected chi connectivity index (χ2v) is 6.46. The summed E-state index contributed by atoms with van der Waals surface area (Å²) in [5, 5.41) is 4.97. The van der Waals surface area contributed by atoms with Crippen molar-refractivity contribution >= 4 is 34.8 Å². The van der Waals surface area contributed by atoms with Gasteiger partial charge in [-0.1, -0.05) is 64.8 Å². The van der Waals surface area contributed by atoms with E-state index in [1.165, 1.54) is 0 Å². The van der Waals surface area contributed by atoms with Gasteiger partial charge in [-0.05, 0) is 17.7 Å². The molecule has 1 heterocycles. The van der Waals surface area contributed by atoms with Crippen molar-refractivity contribution in [2.45, 2.75) is 19.1 Å². The smallest absolute Gasteiger partial charge is 0.266 e. The molecule has 0 N–H and O–H groups in total. The summed E-state index contributed by atoms with van der Waals surface area (Å²) in [5.41, 5.74) is 2.57. The number of hydrogen-bond acceptors (Lipinski definition) is 3. The molecule has 0 aliphatic carbocycles. The van der Waals surface area contributed by atoms with Gasteiger partial charge in [0, 0.05) is 25.6 Å². The van der Waals surface area contributed by atoms with Crippen molar-refractivity contribution in [2.24, 2.45) is 5.16 Å². The summed E-state index contributed by atoms with van der Waals surface area (Å²) in [6.45, 7) is 0.529. The third kappa shape index (κ3) is 3.71. The first kappa shape index (κ1) is 16.8. The average molecular weight is 363 g/mol. The molecular formula is C18H16Cl2N2O2. The second kappa shape index (κ2) is 7.24. The Morgan fingerprint density at radius 3 is 2.67 bits per heavy atom. The van der Waals surface area contributed by atoms with Crippen LogP contribution in [0.3, 0.4) is 0 Å². The maximum atomic E-state index is 12.5. The van der Waals surface area contributed by atoms with Gasteiger partial charge >= 0.3 is 0 Å². The molecule has 3 rings (SSSR count). The molecule has 124 valence electrons. The normalized spacial score (nSPS) is 16.5. The molecule has 24 heavy (non-hydrogen) atoms. The van der Waals surface area contributed by atoms with Crippen LogP contribution in [0.15, 0.2) is 53.7 Å². The molecular weight excluding hydrogens is 347 g/mol. The lowest BCUT2D eigenvalue weighted by atomic mass is 10.0. The number of carbonyl (C=O) groups excluding carboxylic acids is 1. The summed E-state index contributed by atoms with van der Waals surface area (Å²) in [7, 11) is 1.76. The van der Waals surface area contributed by atoms with Crippen LogP contribution in [-0.2, 0) is 16.2 Å². The summed E-state index contributed by atoms with van der Waals surface area (Å²) < 4.78 is 0. The first-order chi connectivity index (χ1) is 11.5. The molecule has 2 aromatic carbocycles. The molecule has 1 amide bonds. The minimum atomic E-state index is -0.608. The highest BCUT2D eigenvalue weighted by Gasteiger charge is 2.31. The Labute approximate surface area is 150 Å². The first-order valence-electron chi connectivity index (χ1n) is 7.51. The lowest BCUT2D eigenvalue weighted by Gasteiger charge is -2.19. The predicted octanol–water partition coefficient (Wildman–Crippen LogP) is 4.15. The summed E-state index contributed by atoms with van der Waals surface area (Å²) in [6, 6.07) is 15.1. The van der Waals surface area contributed by atoms with Crippen LogP contribution in [-0.4, -0.2) is 29.7 Å². The maximum Gasteiger partial charge on any atom is 0.266 e. The summed E-state index contributed by atoms with van der Waals surface area (Å²) >= 11 is 12.0. The second-order valence-electron chi connectivity index (χ2n) is 5.64. The van der Waals surface area contributed by atoms with Gasteiger partial charge in [-0.3, -0.25) is 4.79 Å². The highest BCUT2D eigenvalue weighted by molar-refractivity contribution is 6.42. The van der Waals surface area contributed by atoms with E-state index in [0.717, 1.165) is 11.1 Å². The number of halogens is 2. The zero-order chi connectivity index (χ0) is 17.1. The van der Waals surface area contributed by atoms with Crippen LogP contribution in [0, 0.1) is 0 Å². The van der Waals surface area contributed by atoms with E-state index in [-0.39, 0.29) is 5.91 Å². The van der Waals surface area contributed by atoms with Gasteiger partial charge in [0.05, 0.1) is 15.8 Å². The Kier molecular flexibility index (Phi) is 5.07.